The second-order valence-corrected chi connectivity index (χ2v) is 7.26. The Morgan fingerprint density at radius 3 is 2.84 bits per heavy atom. The number of carbonyl (C=O) groups is 2. The summed E-state index contributed by atoms with van der Waals surface area (Å²) in [5, 5.41) is 2.75. The lowest BCUT2D eigenvalue weighted by atomic mass is 9.86. The van der Waals surface area contributed by atoms with Gasteiger partial charge in [0.1, 0.15) is 0 Å². The van der Waals surface area contributed by atoms with E-state index in [4.69, 9.17) is 14.2 Å². The van der Waals surface area contributed by atoms with Gasteiger partial charge < -0.3 is 19.5 Å². The summed E-state index contributed by atoms with van der Waals surface area (Å²) in [4.78, 5) is 23.8. The van der Waals surface area contributed by atoms with Crippen LogP contribution in [0.3, 0.4) is 0 Å². The summed E-state index contributed by atoms with van der Waals surface area (Å²) in [7, 11) is 0. The summed E-state index contributed by atoms with van der Waals surface area (Å²) in [6.45, 7) is 0.368. The third kappa shape index (κ3) is 3.72. The van der Waals surface area contributed by atoms with Crippen LogP contribution in [0.5, 0.6) is 11.5 Å². The Balaban J connectivity index is 1.17. The van der Waals surface area contributed by atoms with Gasteiger partial charge in [0, 0.05) is 13.0 Å². The van der Waals surface area contributed by atoms with E-state index in [-0.39, 0.29) is 25.3 Å². The first kappa shape index (κ1) is 16.2. The molecule has 0 aromatic heterocycles. The summed E-state index contributed by atoms with van der Waals surface area (Å²) in [6.07, 6.45) is 5.44. The van der Waals surface area contributed by atoms with Gasteiger partial charge in [0.2, 0.25) is 6.79 Å². The van der Waals surface area contributed by atoms with Crippen LogP contribution in [-0.2, 0) is 20.9 Å². The monoisotopic (exact) mass is 345 g/mol. The maximum atomic E-state index is 11.9. The SMILES string of the molecule is O=C(COC(=O)CC1CC2CCC1C2)NCc1ccc2c(c1)OCO2. The molecule has 0 radical (unpaired) electrons. The average Bonchev–Trinajstić information content (AvgIpc) is 3.33. The van der Waals surface area contributed by atoms with Crippen molar-refractivity contribution in [2.75, 3.05) is 13.4 Å². The molecule has 1 N–H and O–H groups in total. The van der Waals surface area contributed by atoms with E-state index in [0.29, 0.717) is 36.3 Å². The van der Waals surface area contributed by atoms with Crippen molar-refractivity contribution in [1.82, 2.24) is 5.32 Å². The minimum atomic E-state index is -0.293. The Morgan fingerprint density at radius 2 is 2.04 bits per heavy atom. The van der Waals surface area contributed by atoms with E-state index < -0.39 is 0 Å². The van der Waals surface area contributed by atoms with Gasteiger partial charge in [-0.2, -0.15) is 0 Å². The second kappa shape index (κ2) is 6.94. The molecule has 1 aromatic carbocycles. The number of hydrogen-bond acceptors (Lipinski definition) is 5. The van der Waals surface area contributed by atoms with E-state index in [1.807, 2.05) is 18.2 Å². The molecular formula is C19H23NO5. The average molecular weight is 345 g/mol. The number of benzene rings is 1. The van der Waals surface area contributed by atoms with Gasteiger partial charge in [0.15, 0.2) is 18.1 Å². The van der Waals surface area contributed by atoms with Crippen molar-refractivity contribution in [3.63, 3.8) is 0 Å². The van der Waals surface area contributed by atoms with Crippen LogP contribution in [0.4, 0.5) is 0 Å². The zero-order valence-electron chi connectivity index (χ0n) is 14.2. The van der Waals surface area contributed by atoms with E-state index in [9.17, 15) is 9.59 Å². The predicted molar refractivity (Wildman–Crippen MR) is 88.9 cm³/mol. The number of nitrogens with one attached hydrogen (secondary N) is 1. The Kier molecular flexibility index (Phi) is 4.51. The fourth-order valence-corrected chi connectivity index (χ4v) is 4.35. The van der Waals surface area contributed by atoms with Gasteiger partial charge in [-0.1, -0.05) is 12.5 Å². The molecule has 134 valence electrons. The third-order valence-corrected chi connectivity index (χ3v) is 5.60. The molecule has 6 heteroatoms. The third-order valence-electron chi connectivity index (χ3n) is 5.60. The molecule has 1 heterocycles. The molecule has 25 heavy (non-hydrogen) atoms. The molecule has 0 spiro atoms. The molecule has 3 aliphatic rings. The highest BCUT2D eigenvalue weighted by atomic mass is 16.7. The quantitative estimate of drug-likeness (QED) is 0.802. The summed E-state index contributed by atoms with van der Waals surface area (Å²) in [6, 6.07) is 5.53. The fraction of sp³-hybridized carbons (Fsp3) is 0.579. The molecule has 2 aliphatic carbocycles. The van der Waals surface area contributed by atoms with Gasteiger partial charge in [-0.25, -0.2) is 0 Å². The maximum Gasteiger partial charge on any atom is 0.306 e. The number of carbonyl (C=O) groups excluding carboxylic acids is 2. The van der Waals surface area contributed by atoms with Crippen LogP contribution in [0.25, 0.3) is 0 Å². The molecule has 1 aliphatic heterocycles. The standard InChI is InChI=1S/C19H23NO5/c21-18(20-9-13-2-4-16-17(7-13)25-11-24-16)10-23-19(22)8-15-6-12-1-3-14(15)5-12/h2,4,7,12,14-15H,1,3,5-6,8-11H2,(H,20,21). The van der Waals surface area contributed by atoms with Crippen molar-refractivity contribution in [3.8, 4) is 11.5 Å². The Morgan fingerprint density at radius 1 is 1.16 bits per heavy atom. The Labute approximate surface area is 146 Å². The maximum absolute atomic E-state index is 11.9. The summed E-state index contributed by atoms with van der Waals surface area (Å²) >= 11 is 0. The molecule has 2 bridgehead atoms. The van der Waals surface area contributed by atoms with Crippen molar-refractivity contribution < 1.29 is 23.8 Å². The Bertz CT molecular complexity index is 674. The van der Waals surface area contributed by atoms with Gasteiger partial charge in [-0.05, 0) is 54.7 Å². The number of hydrogen-bond donors (Lipinski definition) is 1. The predicted octanol–water partition coefficient (Wildman–Crippen LogP) is 2.40. The molecule has 0 saturated heterocycles. The number of rotatable bonds is 6. The highest BCUT2D eigenvalue weighted by Crippen LogP contribution is 2.49. The zero-order chi connectivity index (χ0) is 17.2. The first-order chi connectivity index (χ1) is 12.2. The number of amides is 1. The fourth-order valence-electron chi connectivity index (χ4n) is 4.35. The van der Waals surface area contributed by atoms with Crippen LogP contribution < -0.4 is 14.8 Å². The summed E-state index contributed by atoms with van der Waals surface area (Å²) in [5.74, 6) is 2.82. The summed E-state index contributed by atoms with van der Waals surface area (Å²) in [5.41, 5.74) is 0.908. The van der Waals surface area contributed by atoms with E-state index in [0.717, 1.165) is 17.9 Å². The van der Waals surface area contributed by atoms with Gasteiger partial charge in [0.25, 0.3) is 5.91 Å². The van der Waals surface area contributed by atoms with Crippen LogP contribution in [0.2, 0.25) is 0 Å². The normalized spacial score (nSPS) is 25.8. The topological polar surface area (TPSA) is 73.9 Å². The van der Waals surface area contributed by atoms with E-state index in [1.165, 1.54) is 19.3 Å². The smallest absolute Gasteiger partial charge is 0.306 e. The molecule has 6 nitrogen and oxygen atoms in total. The molecule has 4 rings (SSSR count). The van der Waals surface area contributed by atoms with Crippen molar-refractivity contribution in [2.24, 2.45) is 17.8 Å². The van der Waals surface area contributed by atoms with Gasteiger partial charge in [-0.15, -0.1) is 0 Å². The largest absolute Gasteiger partial charge is 0.456 e. The lowest BCUT2D eigenvalue weighted by Gasteiger charge is -2.20. The number of fused-ring (bicyclic) bond motifs is 3. The van der Waals surface area contributed by atoms with Crippen molar-refractivity contribution in [1.29, 1.82) is 0 Å². The summed E-state index contributed by atoms with van der Waals surface area (Å²) < 4.78 is 15.7. The van der Waals surface area contributed by atoms with Crippen LogP contribution >= 0.6 is 0 Å². The molecular weight excluding hydrogens is 322 g/mol. The molecule has 3 unspecified atom stereocenters. The molecule has 3 atom stereocenters. The van der Waals surface area contributed by atoms with E-state index >= 15 is 0 Å². The number of ether oxygens (including phenoxy) is 3. The van der Waals surface area contributed by atoms with E-state index in [2.05, 4.69) is 5.32 Å². The minimum absolute atomic E-state index is 0.218. The lowest BCUT2D eigenvalue weighted by molar-refractivity contribution is -0.149. The van der Waals surface area contributed by atoms with E-state index in [1.54, 1.807) is 0 Å². The van der Waals surface area contributed by atoms with Crippen LogP contribution in [-0.4, -0.2) is 25.3 Å². The Hall–Kier alpha value is -2.24. The van der Waals surface area contributed by atoms with Crippen molar-refractivity contribution in [2.45, 2.75) is 38.6 Å². The second-order valence-electron chi connectivity index (χ2n) is 7.26. The van der Waals surface area contributed by atoms with Crippen molar-refractivity contribution in [3.05, 3.63) is 23.8 Å². The van der Waals surface area contributed by atoms with Gasteiger partial charge in [0.05, 0.1) is 0 Å². The zero-order valence-corrected chi connectivity index (χ0v) is 14.2. The number of esters is 1. The highest BCUT2D eigenvalue weighted by molar-refractivity contribution is 5.80. The molecule has 1 amide bonds. The van der Waals surface area contributed by atoms with Gasteiger partial charge >= 0.3 is 5.97 Å². The van der Waals surface area contributed by atoms with Gasteiger partial charge in [-0.3, -0.25) is 9.59 Å². The van der Waals surface area contributed by atoms with Crippen LogP contribution in [0.1, 0.15) is 37.7 Å². The molecule has 1 aromatic rings. The lowest BCUT2D eigenvalue weighted by Crippen LogP contribution is -2.29. The molecule has 2 fully saturated rings. The van der Waals surface area contributed by atoms with Crippen LogP contribution in [0, 0.1) is 17.8 Å². The first-order valence-corrected chi connectivity index (χ1v) is 8.98. The van der Waals surface area contributed by atoms with Crippen LogP contribution in [0.15, 0.2) is 18.2 Å². The highest BCUT2D eigenvalue weighted by Gasteiger charge is 2.40. The molecule has 2 saturated carbocycles. The van der Waals surface area contributed by atoms with Crippen molar-refractivity contribution >= 4 is 11.9 Å². The minimum Gasteiger partial charge on any atom is -0.456 e. The first-order valence-electron chi connectivity index (χ1n) is 8.98.